The third kappa shape index (κ3) is 4.69. The van der Waals surface area contributed by atoms with Crippen LogP contribution in [0.4, 0.5) is 11.4 Å². The predicted molar refractivity (Wildman–Crippen MR) is 140 cm³/mol. The number of aromatic nitrogens is 2. The summed E-state index contributed by atoms with van der Waals surface area (Å²) in [4.78, 5) is 21.9. The molecule has 178 valence electrons. The Labute approximate surface area is 212 Å². The van der Waals surface area contributed by atoms with E-state index in [9.17, 15) is 13.2 Å². The molecule has 1 aliphatic heterocycles. The number of hydrogen-bond acceptors (Lipinski definition) is 5. The second-order valence-electron chi connectivity index (χ2n) is 8.14. The maximum Gasteiger partial charge on any atom is 0.257 e. The fourth-order valence-electron chi connectivity index (χ4n) is 4.12. The number of fused-ring (bicyclic) bond motifs is 1. The lowest BCUT2D eigenvalue weighted by atomic mass is 10.1. The molecule has 7 nitrogen and oxygen atoms in total. The number of nitrogens with one attached hydrogen (secondary N) is 1. The van der Waals surface area contributed by atoms with E-state index in [0.717, 1.165) is 17.3 Å². The fraction of sp³-hybridized carbons (Fsp3) is 0.160. The molecule has 0 atom stereocenters. The van der Waals surface area contributed by atoms with Gasteiger partial charge in [0.05, 0.1) is 38.3 Å². The highest BCUT2D eigenvalue weighted by molar-refractivity contribution is 7.92. The Hall–Kier alpha value is -3.20. The molecule has 1 amide bonds. The van der Waals surface area contributed by atoms with Gasteiger partial charge in [0.1, 0.15) is 0 Å². The first kappa shape index (κ1) is 23.5. The molecule has 2 aromatic carbocycles. The van der Waals surface area contributed by atoms with Crippen LogP contribution in [0.1, 0.15) is 23.2 Å². The van der Waals surface area contributed by atoms with Gasteiger partial charge in [0, 0.05) is 35.6 Å². The number of sulfonamides is 1. The second-order valence-corrected chi connectivity index (χ2v) is 11.0. The molecule has 5 rings (SSSR count). The smallest absolute Gasteiger partial charge is 0.257 e. The van der Waals surface area contributed by atoms with E-state index in [1.54, 1.807) is 36.7 Å². The van der Waals surface area contributed by atoms with Crippen molar-refractivity contribution in [2.75, 3.05) is 21.9 Å². The van der Waals surface area contributed by atoms with E-state index in [4.69, 9.17) is 23.2 Å². The highest BCUT2D eigenvalue weighted by Gasteiger charge is 2.27. The number of hydrogen-bond donors (Lipinski definition) is 1. The lowest BCUT2D eigenvalue weighted by Crippen LogP contribution is -2.37. The summed E-state index contributed by atoms with van der Waals surface area (Å²) in [5.41, 5.74) is 3.28. The summed E-state index contributed by atoms with van der Waals surface area (Å²) in [5, 5.41) is 4.33. The van der Waals surface area contributed by atoms with Crippen LogP contribution in [0, 0.1) is 0 Å². The van der Waals surface area contributed by atoms with Crippen molar-refractivity contribution in [3.8, 4) is 11.3 Å². The predicted octanol–water partition coefficient (Wildman–Crippen LogP) is 5.79. The van der Waals surface area contributed by atoms with Crippen molar-refractivity contribution < 1.29 is 13.2 Å². The number of amides is 1. The molecule has 0 unspecified atom stereocenters. The van der Waals surface area contributed by atoms with Crippen molar-refractivity contribution in [2.45, 2.75) is 12.8 Å². The Morgan fingerprint density at radius 1 is 0.943 bits per heavy atom. The minimum absolute atomic E-state index is 0.105. The Morgan fingerprint density at radius 3 is 2.60 bits per heavy atom. The van der Waals surface area contributed by atoms with Crippen molar-refractivity contribution in [3.63, 3.8) is 0 Å². The highest BCUT2D eigenvalue weighted by Crippen LogP contribution is 2.34. The minimum Gasteiger partial charge on any atom is -0.322 e. The van der Waals surface area contributed by atoms with Crippen LogP contribution in [-0.4, -0.2) is 36.6 Å². The van der Waals surface area contributed by atoms with Gasteiger partial charge in [-0.3, -0.25) is 19.1 Å². The molecular formula is C25H20Cl2N4O3S. The number of anilines is 2. The van der Waals surface area contributed by atoms with E-state index in [1.807, 2.05) is 18.2 Å². The first-order valence-electron chi connectivity index (χ1n) is 10.9. The number of rotatable bonds is 4. The molecule has 0 bridgehead atoms. The monoisotopic (exact) mass is 526 g/mol. The van der Waals surface area contributed by atoms with Crippen LogP contribution >= 0.6 is 23.2 Å². The van der Waals surface area contributed by atoms with E-state index >= 15 is 0 Å². The molecule has 0 aliphatic carbocycles. The molecule has 3 heterocycles. The molecule has 2 aromatic heterocycles. The van der Waals surface area contributed by atoms with Gasteiger partial charge >= 0.3 is 0 Å². The van der Waals surface area contributed by atoms with Crippen LogP contribution in [0.2, 0.25) is 10.0 Å². The zero-order chi connectivity index (χ0) is 24.6. The zero-order valence-electron chi connectivity index (χ0n) is 18.4. The molecular weight excluding hydrogens is 507 g/mol. The normalized spacial score (nSPS) is 15.2. The molecule has 1 N–H and O–H groups in total. The summed E-state index contributed by atoms with van der Waals surface area (Å²) in [7, 11) is -3.37. The first-order valence-corrected chi connectivity index (χ1v) is 13.3. The summed E-state index contributed by atoms with van der Waals surface area (Å²) in [6.07, 6.45) is 4.79. The van der Waals surface area contributed by atoms with Crippen molar-refractivity contribution in [1.29, 1.82) is 0 Å². The third-order valence-corrected chi connectivity index (χ3v) is 8.36. The number of nitrogens with zero attached hydrogens (tertiary/aromatic N) is 3. The van der Waals surface area contributed by atoms with E-state index < -0.39 is 15.9 Å². The van der Waals surface area contributed by atoms with Gasteiger partial charge in [0.2, 0.25) is 10.0 Å². The van der Waals surface area contributed by atoms with Gasteiger partial charge < -0.3 is 5.32 Å². The second kappa shape index (κ2) is 9.45. The lowest BCUT2D eigenvalue weighted by Gasteiger charge is -2.28. The third-order valence-electron chi connectivity index (χ3n) is 5.84. The zero-order valence-corrected chi connectivity index (χ0v) is 20.7. The van der Waals surface area contributed by atoms with Crippen LogP contribution in [0.25, 0.3) is 22.2 Å². The maximum absolute atomic E-state index is 13.0. The molecule has 0 saturated carbocycles. The maximum atomic E-state index is 13.0. The quantitative estimate of drug-likeness (QED) is 0.363. The van der Waals surface area contributed by atoms with Gasteiger partial charge in [0.25, 0.3) is 5.91 Å². The number of halogens is 2. The molecule has 1 saturated heterocycles. The van der Waals surface area contributed by atoms with E-state index in [1.165, 1.54) is 16.4 Å². The number of carbonyl (C=O) groups excluding carboxylic acids is 1. The molecule has 1 aliphatic rings. The van der Waals surface area contributed by atoms with E-state index in [-0.39, 0.29) is 16.3 Å². The van der Waals surface area contributed by atoms with Crippen LogP contribution in [0.5, 0.6) is 0 Å². The fourth-order valence-corrected chi connectivity index (χ4v) is 6.22. The highest BCUT2D eigenvalue weighted by atomic mass is 35.5. The van der Waals surface area contributed by atoms with Gasteiger partial charge in [-0.1, -0.05) is 23.2 Å². The van der Waals surface area contributed by atoms with Crippen molar-refractivity contribution in [2.24, 2.45) is 0 Å². The first-order chi connectivity index (χ1) is 16.8. The molecule has 35 heavy (non-hydrogen) atoms. The van der Waals surface area contributed by atoms with Crippen LogP contribution in [-0.2, 0) is 10.0 Å². The van der Waals surface area contributed by atoms with Crippen molar-refractivity contribution >= 4 is 61.4 Å². The standard InChI is InChI=1S/C25H20Cl2N4O3S/c26-21-8-5-16(14-20(21)24-19-4-3-10-28-23(19)9-11-29-24)30-25(32)18-7-6-17(15-22(18)27)31-12-1-2-13-35(31,33)34/h3-11,14-15H,1-2,12-13H2,(H,30,32). The number of benzene rings is 2. The van der Waals surface area contributed by atoms with Gasteiger partial charge in [-0.05, 0) is 67.4 Å². The Kier molecular flexibility index (Phi) is 6.35. The van der Waals surface area contributed by atoms with E-state index in [2.05, 4.69) is 15.3 Å². The van der Waals surface area contributed by atoms with E-state index in [0.29, 0.717) is 40.6 Å². The van der Waals surface area contributed by atoms with Gasteiger partial charge in [-0.25, -0.2) is 8.42 Å². The largest absolute Gasteiger partial charge is 0.322 e. The van der Waals surface area contributed by atoms with Crippen LogP contribution in [0.3, 0.4) is 0 Å². The van der Waals surface area contributed by atoms with Crippen molar-refractivity contribution in [3.05, 3.63) is 82.6 Å². The number of carbonyl (C=O) groups is 1. The summed E-state index contributed by atoms with van der Waals surface area (Å²) in [5.74, 6) is -0.322. The number of pyridine rings is 2. The Bertz CT molecular complexity index is 1550. The van der Waals surface area contributed by atoms with Gasteiger partial charge in [-0.2, -0.15) is 0 Å². The van der Waals surface area contributed by atoms with Gasteiger partial charge in [0.15, 0.2) is 0 Å². The average Bonchev–Trinajstić information content (AvgIpc) is 2.84. The average molecular weight is 527 g/mol. The molecule has 4 aromatic rings. The molecule has 10 heteroatoms. The minimum atomic E-state index is -3.37. The molecule has 0 radical (unpaired) electrons. The molecule has 1 fully saturated rings. The summed E-state index contributed by atoms with van der Waals surface area (Å²) in [6.45, 7) is 0.398. The molecule has 0 spiro atoms. The van der Waals surface area contributed by atoms with Gasteiger partial charge in [-0.15, -0.1) is 0 Å². The van der Waals surface area contributed by atoms with Crippen LogP contribution in [0.15, 0.2) is 67.0 Å². The summed E-state index contributed by atoms with van der Waals surface area (Å²) in [6, 6.07) is 15.3. The summed E-state index contributed by atoms with van der Waals surface area (Å²) >= 11 is 12.9. The Balaban J connectivity index is 1.43. The topological polar surface area (TPSA) is 92.3 Å². The summed E-state index contributed by atoms with van der Waals surface area (Å²) < 4.78 is 26.1. The van der Waals surface area contributed by atoms with Crippen LogP contribution < -0.4 is 9.62 Å². The Morgan fingerprint density at radius 2 is 1.80 bits per heavy atom. The SMILES string of the molecule is O=C(Nc1ccc(Cl)c(-c2nccc3ncccc23)c1)c1ccc(N2CCCCS2(=O)=O)cc1Cl. The van der Waals surface area contributed by atoms with Crippen molar-refractivity contribution in [1.82, 2.24) is 9.97 Å². The lowest BCUT2D eigenvalue weighted by molar-refractivity contribution is 0.102.